The number of carbonyl (C=O) groups is 1. The second-order valence-electron chi connectivity index (χ2n) is 6.68. The molecule has 0 unspecified atom stereocenters. The number of piperidine rings is 1. The minimum Gasteiger partial charge on any atom is -0.393 e. The van der Waals surface area contributed by atoms with Gasteiger partial charge in [-0.1, -0.05) is 0 Å². The Morgan fingerprint density at radius 1 is 1.08 bits per heavy atom. The predicted molar refractivity (Wildman–Crippen MR) is 94.1 cm³/mol. The van der Waals surface area contributed by atoms with Crippen LogP contribution < -0.4 is 10.2 Å². The van der Waals surface area contributed by atoms with E-state index < -0.39 is 0 Å². The molecule has 1 aliphatic carbocycles. The SMILES string of the molecule is O=C(Nc1cc(-c2cnc(N3CCC(O)CC3)nc2)ccn1)C1CC1. The van der Waals surface area contributed by atoms with Crippen LogP contribution in [0.2, 0.25) is 0 Å². The van der Waals surface area contributed by atoms with Crippen LogP contribution in [0.5, 0.6) is 0 Å². The number of aromatic nitrogens is 3. The molecule has 0 bridgehead atoms. The number of pyridine rings is 1. The topological polar surface area (TPSA) is 91.2 Å². The first-order chi connectivity index (χ1) is 12.2. The van der Waals surface area contributed by atoms with Gasteiger partial charge in [-0.3, -0.25) is 4.79 Å². The van der Waals surface area contributed by atoms with E-state index in [1.807, 2.05) is 12.1 Å². The van der Waals surface area contributed by atoms with E-state index in [-0.39, 0.29) is 17.9 Å². The van der Waals surface area contributed by atoms with Gasteiger partial charge in [0.1, 0.15) is 5.82 Å². The highest BCUT2D eigenvalue weighted by atomic mass is 16.3. The number of nitrogens with one attached hydrogen (secondary N) is 1. The van der Waals surface area contributed by atoms with E-state index in [4.69, 9.17) is 0 Å². The van der Waals surface area contributed by atoms with Gasteiger partial charge in [-0.25, -0.2) is 15.0 Å². The molecule has 130 valence electrons. The Morgan fingerprint density at radius 3 is 2.48 bits per heavy atom. The molecular weight excluding hydrogens is 318 g/mol. The summed E-state index contributed by atoms with van der Waals surface area (Å²) in [5.41, 5.74) is 1.80. The molecule has 2 aromatic heterocycles. The molecule has 0 spiro atoms. The van der Waals surface area contributed by atoms with Crippen molar-refractivity contribution in [3.63, 3.8) is 0 Å². The van der Waals surface area contributed by atoms with Gasteiger partial charge in [-0.15, -0.1) is 0 Å². The minimum atomic E-state index is -0.211. The second kappa shape index (κ2) is 6.76. The van der Waals surface area contributed by atoms with Crippen LogP contribution in [0.25, 0.3) is 11.1 Å². The van der Waals surface area contributed by atoms with Gasteiger partial charge in [0, 0.05) is 43.2 Å². The van der Waals surface area contributed by atoms with Crippen LogP contribution in [0, 0.1) is 5.92 Å². The lowest BCUT2D eigenvalue weighted by Gasteiger charge is -2.29. The Labute approximate surface area is 146 Å². The molecule has 7 heteroatoms. The molecule has 7 nitrogen and oxygen atoms in total. The predicted octanol–water partition coefficient (Wildman–Crippen LogP) is 1.85. The van der Waals surface area contributed by atoms with E-state index in [2.05, 4.69) is 25.2 Å². The van der Waals surface area contributed by atoms with Gasteiger partial charge < -0.3 is 15.3 Å². The number of anilines is 2. The molecule has 2 N–H and O–H groups in total. The number of hydrogen-bond donors (Lipinski definition) is 2. The van der Waals surface area contributed by atoms with E-state index in [1.54, 1.807) is 18.6 Å². The molecule has 1 saturated carbocycles. The van der Waals surface area contributed by atoms with Crippen molar-refractivity contribution in [1.29, 1.82) is 0 Å². The van der Waals surface area contributed by atoms with Crippen molar-refractivity contribution in [3.05, 3.63) is 30.7 Å². The summed E-state index contributed by atoms with van der Waals surface area (Å²) in [6.45, 7) is 1.54. The first kappa shape index (κ1) is 16.0. The molecule has 4 rings (SSSR count). The van der Waals surface area contributed by atoms with E-state index in [0.29, 0.717) is 11.8 Å². The van der Waals surface area contributed by atoms with Gasteiger partial charge in [0.15, 0.2) is 0 Å². The molecule has 2 fully saturated rings. The van der Waals surface area contributed by atoms with Gasteiger partial charge in [0.05, 0.1) is 6.10 Å². The Balaban J connectivity index is 1.47. The largest absolute Gasteiger partial charge is 0.393 e. The highest BCUT2D eigenvalue weighted by Crippen LogP contribution is 2.30. The Hall–Kier alpha value is -2.54. The molecule has 0 aromatic carbocycles. The number of rotatable bonds is 4. The maximum atomic E-state index is 11.9. The molecule has 1 amide bonds. The fraction of sp³-hybridized carbons (Fsp3) is 0.444. The van der Waals surface area contributed by atoms with Gasteiger partial charge >= 0.3 is 0 Å². The highest BCUT2D eigenvalue weighted by molar-refractivity contribution is 5.93. The van der Waals surface area contributed by atoms with Crippen molar-refractivity contribution < 1.29 is 9.90 Å². The number of aliphatic hydroxyl groups excluding tert-OH is 1. The molecule has 3 heterocycles. The van der Waals surface area contributed by atoms with Gasteiger partial charge in [-0.2, -0.15) is 0 Å². The molecule has 1 saturated heterocycles. The van der Waals surface area contributed by atoms with Crippen LogP contribution in [-0.4, -0.2) is 45.2 Å². The van der Waals surface area contributed by atoms with Crippen molar-refractivity contribution in [2.75, 3.05) is 23.3 Å². The van der Waals surface area contributed by atoms with Crippen molar-refractivity contribution in [2.24, 2.45) is 5.92 Å². The normalized spacial score (nSPS) is 18.2. The number of aliphatic hydroxyl groups is 1. The van der Waals surface area contributed by atoms with E-state index >= 15 is 0 Å². The molecule has 0 radical (unpaired) electrons. The Kier molecular flexibility index (Phi) is 4.31. The highest BCUT2D eigenvalue weighted by Gasteiger charge is 2.29. The Morgan fingerprint density at radius 2 is 1.80 bits per heavy atom. The lowest BCUT2D eigenvalue weighted by molar-refractivity contribution is -0.117. The van der Waals surface area contributed by atoms with Crippen LogP contribution in [0.4, 0.5) is 11.8 Å². The maximum Gasteiger partial charge on any atom is 0.228 e. The van der Waals surface area contributed by atoms with Crippen molar-refractivity contribution in [1.82, 2.24) is 15.0 Å². The monoisotopic (exact) mass is 339 g/mol. The molecular formula is C18H21N5O2. The first-order valence-corrected chi connectivity index (χ1v) is 8.71. The summed E-state index contributed by atoms with van der Waals surface area (Å²) in [6.07, 6.45) is 8.47. The van der Waals surface area contributed by atoms with Gasteiger partial charge in [-0.05, 0) is 43.4 Å². The quantitative estimate of drug-likeness (QED) is 0.883. The zero-order chi connectivity index (χ0) is 17.2. The van der Waals surface area contributed by atoms with Gasteiger partial charge in [0.25, 0.3) is 0 Å². The molecule has 2 aromatic rings. The number of carbonyl (C=O) groups excluding carboxylic acids is 1. The van der Waals surface area contributed by atoms with Crippen LogP contribution in [0.1, 0.15) is 25.7 Å². The summed E-state index contributed by atoms with van der Waals surface area (Å²) in [7, 11) is 0. The number of hydrogen-bond acceptors (Lipinski definition) is 6. The summed E-state index contributed by atoms with van der Waals surface area (Å²) in [4.78, 5) is 27.1. The molecule has 1 aliphatic heterocycles. The molecule has 0 atom stereocenters. The summed E-state index contributed by atoms with van der Waals surface area (Å²) in [5, 5.41) is 12.4. The molecule has 2 aliphatic rings. The van der Waals surface area contributed by atoms with Crippen LogP contribution in [-0.2, 0) is 4.79 Å². The van der Waals surface area contributed by atoms with Crippen molar-refractivity contribution >= 4 is 17.7 Å². The van der Waals surface area contributed by atoms with E-state index in [1.165, 1.54) is 0 Å². The standard InChI is InChI=1S/C18H21N5O2/c24-15-4-7-23(8-5-15)18-20-10-14(11-21-18)13-3-6-19-16(9-13)22-17(25)12-1-2-12/h3,6,9-12,15,24H,1-2,4-5,7-8H2,(H,19,22,25). The van der Waals surface area contributed by atoms with Crippen LogP contribution >= 0.6 is 0 Å². The van der Waals surface area contributed by atoms with Crippen LogP contribution in [0.15, 0.2) is 30.7 Å². The lowest BCUT2D eigenvalue weighted by atomic mass is 10.1. The third kappa shape index (κ3) is 3.76. The fourth-order valence-corrected chi connectivity index (χ4v) is 2.95. The Bertz CT molecular complexity index is 752. The van der Waals surface area contributed by atoms with Crippen LogP contribution in [0.3, 0.4) is 0 Å². The summed E-state index contributed by atoms with van der Waals surface area (Å²) in [6, 6.07) is 3.72. The van der Waals surface area contributed by atoms with Gasteiger partial charge in [0.2, 0.25) is 11.9 Å². The van der Waals surface area contributed by atoms with Crippen molar-refractivity contribution in [3.8, 4) is 11.1 Å². The maximum absolute atomic E-state index is 11.9. The first-order valence-electron chi connectivity index (χ1n) is 8.71. The number of amides is 1. The lowest BCUT2D eigenvalue weighted by Crippen LogP contribution is -2.36. The smallest absolute Gasteiger partial charge is 0.228 e. The summed E-state index contributed by atoms with van der Waals surface area (Å²) < 4.78 is 0. The average molecular weight is 339 g/mol. The zero-order valence-electron chi connectivity index (χ0n) is 13.9. The second-order valence-corrected chi connectivity index (χ2v) is 6.68. The minimum absolute atomic E-state index is 0.0449. The summed E-state index contributed by atoms with van der Waals surface area (Å²) in [5.74, 6) is 1.44. The van der Waals surface area contributed by atoms with E-state index in [0.717, 1.165) is 49.9 Å². The third-order valence-electron chi connectivity index (χ3n) is 4.68. The molecule has 25 heavy (non-hydrogen) atoms. The summed E-state index contributed by atoms with van der Waals surface area (Å²) >= 11 is 0. The zero-order valence-corrected chi connectivity index (χ0v) is 13.9. The van der Waals surface area contributed by atoms with Crippen molar-refractivity contribution in [2.45, 2.75) is 31.8 Å². The van der Waals surface area contributed by atoms with E-state index in [9.17, 15) is 9.90 Å². The average Bonchev–Trinajstić information content (AvgIpc) is 3.48. The number of nitrogens with zero attached hydrogens (tertiary/aromatic N) is 4. The third-order valence-corrected chi connectivity index (χ3v) is 4.68. The fourth-order valence-electron chi connectivity index (χ4n) is 2.95.